The SMILES string of the molecule is O=C(/C=C/c1ccc(Cl)c(Cl)c1)N1CCN(CCCCN2CCCCC2)C(=O)C1. The molecule has 2 aliphatic rings. The Morgan fingerprint density at radius 1 is 0.966 bits per heavy atom. The molecule has 1 aromatic carbocycles. The molecule has 0 aromatic heterocycles. The van der Waals surface area contributed by atoms with Crippen molar-refractivity contribution in [1.29, 1.82) is 0 Å². The molecule has 2 fully saturated rings. The van der Waals surface area contributed by atoms with Gasteiger partial charge in [-0.1, -0.05) is 35.7 Å². The second-order valence-electron chi connectivity index (χ2n) is 7.76. The summed E-state index contributed by atoms with van der Waals surface area (Å²) in [5.41, 5.74) is 0.798. The zero-order chi connectivity index (χ0) is 20.6. The van der Waals surface area contributed by atoms with E-state index in [0.29, 0.717) is 23.1 Å². The van der Waals surface area contributed by atoms with Crippen molar-refractivity contribution in [2.24, 2.45) is 0 Å². The molecule has 2 amide bonds. The van der Waals surface area contributed by atoms with Gasteiger partial charge in [0, 0.05) is 25.7 Å². The summed E-state index contributed by atoms with van der Waals surface area (Å²) in [6.07, 6.45) is 9.31. The molecular weight excluding hydrogens is 409 g/mol. The van der Waals surface area contributed by atoms with Crippen LogP contribution in [0.2, 0.25) is 10.0 Å². The summed E-state index contributed by atoms with van der Waals surface area (Å²) in [5, 5.41) is 0.929. The Labute approximate surface area is 183 Å². The van der Waals surface area contributed by atoms with E-state index in [9.17, 15) is 9.59 Å². The maximum Gasteiger partial charge on any atom is 0.247 e. The lowest BCUT2D eigenvalue weighted by Gasteiger charge is -2.34. The quantitative estimate of drug-likeness (QED) is 0.479. The summed E-state index contributed by atoms with van der Waals surface area (Å²) in [5.74, 6) is -0.125. The molecule has 3 rings (SSSR count). The number of carbonyl (C=O) groups is 2. The number of piperidine rings is 1. The van der Waals surface area contributed by atoms with E-state index >= 15 is 0 Å². The Morgan fingerprint density at radius 2 is 1.72 bits per heavy atom. The minimum atomic E-state index is -0.158. The van der Waals surface area contributed by atoms with E-state index in [-0.39, 0.29) is 18.4 Å². The summed E-state index contributed by atoms with van der Waals surface area (Å²) in [6, 6.07) is 5.20. The van der Waals surface area contributed by atoms with Crippen molar-refractivity contribution in [3.63, 3.8) is 0 Å². The lowest BCUT2D eigenvalue weighted by molar-refractivity contribution is -0.142. The molecule has 2 saturated heterocycles. The summed E-state index contributed by atoms with van der Waals surface area (Å²) in [4.78, 5) is 30.9. The molecule has 0 atom stereocenters. The van der Waals surface area contributed by atoms with Crippen molar-refractivity contribution in [1.82, 2.24) is 14.7 Å². The number of amides is 2. The summed E-state index contributed by atoms with van der Waals surface area (Å²) < 4.78 is 0. The van der Waals surface area contributed by atoms with Crippen LogP contribution in [0.25, 0.3) is 6.08 Å². The molecule has 0 saturated carbocycles. The van der Waals surface area contributed by atoms with Crippen molar-refractivity contribution in [3.05, 3.63) is 39.9 Å². The number of hydrogen-bond donors (Lipinski definition) is 0. The van der Waals surface area contributed by atoms with Crippen molar-refractivity contribution in [2.45, 2.75) is 32.1 Å². The van der Waals surface area contributed by atoms with Crippen molar-refractivity contribution in [3.8, 4) is 0 Å². The molecule has 0 aliphatic carbocycles. The van der Waals surface area contributed by atoms with E-state index in [4.69, 9.17) is 23.2 Å². The van der Waals surface area contributed by atoms with E-state index in [0.717, 1.165) is 31.5 Å². The molecule has 0 bridgehead atoms. The highest BCUT2D eigenvalue weighted by Crippen LogP contribution is 2.23. The first-order chi connectivity index (χ1) is 14.0. The number of benzene rings is 1. The lowest BCUT2D eigenvalue weighted by atomic mass is 10.1. The van der Waals surface area contributed by atoms with Crippen LogP contribution in [0, 0.1) is 0 Å². The van der Waals surface area contributed by atoms with Crippen LogP contribution in [0.15, 0.2) is 24.3 Å². The van der Waals surface area contributed by atoms with Crippen LogP contribution < -0.4 is 0 Å². The van der Waals surface area contributed by atoms with E-state index in [2.05, 4.69) is 4.90 Å². The molecule has 1 aromatic rings. The van der Waals surface area contributed by atoms with Crippen molar-refractivity contribution in [2.75, 3.05) is 45.8 Å². The Kier molecular flexibility index (Phi) is 8.40. The van der Waals surface area contributed by atoms with Gasteiger partial charge in [-0.05, 0) is 69.1 Å². The average molecular weight is 438 g/mol. The van der Waals surface area contributed by atoms with E-state index < -0.39 is 0 Å². The van der Waals surface area contributed by atoms with Crippen molar-refractivity contribution < 1.29 is 9.59 Å². The predicted molar refractivity (Wildman–Crippen MR) is 118 cm³/mol. The van der Waals surface area contributed by atoms with Gasteiger partial charge in [0.05, 0.1) is 10.0 Å². The van der Waals surface area contributed by atoms with Gasteiger partial charge in [-0.25, -0.2) is 0 Å². The minimum absolute atomic E-state index is 0.0329. The summed E-state index contributed by atoms with van der Waals surface area (Å²) in [7, 11) is 0. The smallest absolute Gasteiger partial charge is 0.247 e. The molecule has 2 heterocycles. The van der Waals surface area contributed by atoms with Gasteiger partial charge in [-0.3, -0.25) is 9.59 Å². The fourth-order valence-corrected chi connectivity index (χ4v) is 4.15. The number of piperazine rings is 1. The molecule has 2 aliphatic heterocycles. The molecule has 7 heteroatoms. The van der Waals surface area contributed by atoms with E-state index in [1.54, 1.807) is 29.2 Å². The number of nitrogens with zero attached hydrogens (tertiary/aromatic N) is 3. The molecule has 158 valence electrons. The van der Waals surface area contributed by atoms with Gasteiger partial charge in [0.2, 0.25) is 11.8 Å². The molecule has 0 radical (unpaired) electrons. The second kappa shape index (κ2) is 11.0. The predicted octanol–water partition coefficient (Wildman–Crippen LogP) is 3.94. The van der Waals surface area contributed by atoms with Gasteiger partial charge in [0.1, 0.15) is 6.54 Å². The first kappa shape index (κ1) is 22.1. The third-order valence-corrected chi connectivity index (χ3v) is 6.33. The number of halogens is 2. The molecule has 0 unspecified atom stereocenters. The molecule has 0 spiro atoms. The number of carbonyl (C=O) groups excluding carboxylic acids is 2. The van der Waals surface area contributed by atoms with Gasteiger partial charge in [0.25, 0.3) is 0 Å². The van der Waals surface area contributed by atoms with Gasteiger partial charge < -0.3 is 14.7 Å². The van der Waals surface area contributed by atoms with Gasteiger partial charge >= 0.3 is 0 Å². The maximum atomic E-state index is 12.4. The first-order valence-electron chi connectivity index (χ1n) is 10.4. The molecule has 5 nitrogen and oxygen atoms in total. The van der Waals surface area contributed by atoms with Gasteiger partial charge in [-0.15, -0.1) is 0 Å². The highest BCUT2D eigenvalue weighted by atomic mass is 35.5. The Morgan fingerprint density at radius 3 is 2.45 bits per heavy atom. The number of likely N-dealkylation sites (tertiary alicyclic amines) is 1. The monoisotopic (exact) mass is 437 g/mol. The zero-order valence-electron chi connectivity index (χ0n) is 16.8. The lowest BCUT2D eigenvalue weighted by Crippen LogP contribution is -2.52. The maximum absolute atomic E-state index is 12.4. The normalized spacial score (nSPS) is 18.6. The fraction of sp³-hybridized carbons (Fsp3) is 0.545. The number of rotatable bonds is 7. The Hall–Kier alpha value is -1.56. The standard InChI is InChI=1S/C22H29Cl2N3O2/c23-19-8-6-18(16-20(19)24)7-9-21(28)27-15-14-26(22(29)17-27)13-5-4-12-25-10-2-1-3-11-25/h6-9,16H,1-5,10-15,17H2/b9-7+. The van der Waals surface area contributed by atoms with Crippen molar-refractivity contribution >= 4 is 41.1 Å². The van der Waals surface area contributed by atoms with Crippen LogP contribution in [0.3, 0.4) is 0 Å². The summed E-state index contributed by atoms with van der Waals surface area (Å²) >= 11 is 11.9. The number of unbranched alkanes of at least 4 members (excludes halogenated alkanes) is 1. The summed E-state index contributed by atoms with van der Waals surface area (Å²) in [6.45, 7) is 5.68. The molecule has 29 heavy (non-hydrogen) atoms. The largest absolute Gasteiger partial charge is 0.339 e. The van der Waals surface area contributed by atoms with Crippen LogP contribution in [0.5, 0.6) is 0 Å². The van der Waals surface area contributed by atoms with Crippen LogP contribution in [0.1, 0.15) is 37.7 Å². The van der Waals surface area contributed by atoms with Crippen LogP contribution in [0.4, 0.5) is 0 Å². The second-order valence-corrected chi connectivity index (χ2v) is 8.57. The Balaban J connectivity index is 1.39. The average Bonchev–Trinajstić information content (AvgIpc) is 2.73. The first-order valence-corrected chi connectivity index (χ1v) is 11.2. The third-order valence-electron chi connectivity index (χ3n) is 5.59. The highest BCUT2D eigenvalue weighted by Gasteiger charge is 2.25. The van der Waals surface area contributed by atoms with Crippen LogP contribution >= 0.6 is 23.2 Å². The fourth-order valence-electron chi connectivity index (χ4n) is 3.84. The molecular formula is C22H29Cl2N3O2. The Bertz CT molecular complexity index is 748. The number of hydrogen-bond acceptors (Lipinski definition) is 3. The topological polar surface area (TPSA) is 43.9 Å². The van der Waals surface area contributed by atoms with Gasteiger partial charge in [0.15, 0.2) is 0 Å². The minimum Gasteiger partial charge on any atom is -0.339 e. The third kappa shape index (κ3) is 6.73. The van der Waals surface area contributed by atoms with E-state index in [1.165, 1.54) is 38.4 Å². The van der Waals surface area contributed by atoms with Gasteiger partial charge in [-0.2, -0.15) is 0 Å². The van der Waals surface area contributed by atoms with Crippen LogP contribution in [-0.4, -0.2) is 72.3 Å². The van der Waals surface area contributed by atoms with Crippen LogP contribution in [-0.2, 0) is 9.59 Å². The zero-order valence-corrected chi connectivity index (χ0v) is 18.3. The highest BCUT2D eigenvalue weighted by molar-refractivity contribution is 6.42. The van der Waals surface area contributed by atoms with E-state index in [1.807, 2.05) is 4.90 Å². The molecule has 0 N–H and O–H groups in total.